The van der Waals surface area contributed by atoms with Gasteiger partial charge in [0.25, 0.3) is 5.89 Å². The summed E-state index contributed by atoms with van der Waals surface area (Å²) in [5, 5.41) is 18.5. The molecule has 1 unspecified atom stereocenters. The number of carboxylic acids is 1. The highest BCUT2D eigenvalue weighted by molar-refractivity contribution is 5.70. The number of aromatic nitrogens is 4. The minimum atomic E-state index is -0.653. The molecule has 8 nitrogen and oxygen atoms in total. The number of hydrogen-bond acceptors (Lipinski definition) is 6. The number of likely N-dealkylation sites (tertiary alicyclic amines) is 1. The van der Waals surface area contributed by atoms with E-state index in [1.807, 2.05) is 6.07 Å². The molecule has 39 heavy (non-hydrogen) atoms. The van der Waals surface area contributed by atoms with Crippen LogP contribution in [0.4, 0.5) is 0 Å². The van der Waals surface area contributed by atoms with E-state index in [-0.39, 0.29) is 5.92 Å². The van der Waals surface area contributed by atoms with Gasteiger partial charge in [0.2, 0.25) is 0 Å². The number of carbonyl (C=O) groups is 1. The van der Waals surface area contributed by atoms with Crippen LogP contribution in [0, 0.1) is 17.8 Å². The van der Waals surface area contributed by atoms with E-state index >= 15 is 0 Å². The van der Waals surface area contributed by atoms with E-state index in [2.05, 4.69) is 65.0 Å². The summed E-state index contributed by atoms with van der Waals surface area (Å²) in [7, 11) is 0. The molecular formula is C31H37N5O3. The van der Waals surface area contributed by atoms with Gasteiger partial charge in [0, 0.05) is 18.7 Å². The molecule has 1 saturated carbocycles. The van der Waals surface area contributed by atoms with Gasteiger partial charge < -0.3 is 14.5 Å². The van der Waals surface area contributed by atoms with Crippen LogP contribution < -0.4 is 0 Å². The first kappa shape index (κ1) is 25.7. The minimum absolute atomic E-state index is 0.182. The monoisotopic (exact) mass is 527 g/mol. The van der Waals surface area contributed by atoms with Crippen molar-refractivity contribution in [3.63, 3.8) is 0 Å². The van der Waals surface area contributed by atoms with Gasteiger partial charge in [-0.1, -0.05) is 59.6 Å². The van der Waals surface area contributed by atoms with Crippen LogP contribution in [0.5, 0.6) is 0 Å². The summed E-state index contributed by atoms with van der Waals surface area (Å²) in [4.78, 5) is 18.4. The average Bonchev–Trinajstić information content (AvgIpc) is 3.44. The molecule has 2 aromatic heterocycles. The Morgan fingerprint density at radius 1 is 1.13 bits per heavy atom. The highest BCUT2D eigenvalue weighted by Crippen LogP contribution is 2.37. The van der Waals surface area contributed by atoms with Crippen molar-refractivity contribution in [2.45, 2.75) is 58.9 Å². The topological polar surface area (TPSA) is 97.3 Å². The minimum Gasteiger partial charge on any atom is -0.481 e. The van der Waals surface area contributed by atoms with E-state index in [1.165, 1.54) is 24.0 Å². The summed E-state index contributed by atoms with van der Waals surface area (Å²) in [5.74, 6) is 1.36. The molecule has 3 aromatic rings. The van der Waals surface area contributed by atoms with Crippen LogP contribution in [0.15, 0.2) is 58.1 Å². The van der Waals surface area contributed by atoms with Crippen molar-refractivity contribution in [1.29, 1.82) is 0 Å². The van der Waals surface area contributed by atoms with Gasteiger partial charge in [0.1, 0.15) is 0 Å². The number of rotatable bonds is 9. The van der Waals surface area contributed by atoms with E-state index in [0.29, 0.717) is 23.6 Å². The predicted molar refractivity (Wildman–Crippen MR) is 150 cm³/mol. The molecule has 3 heterocycles. The molecule has 1 saturated heterocycles. The van der Waals surface area contributed by atoms with Gasteiger partial charge in [-0.25, -0.2) is 0 Å². The lowest BCUT2D eigenvalue weighted by Gasteiger charge is -2.31. The summed E-state index contributed by atoms with van der Waals surface area (Å²) in [6.07, 6.45) is 8.11. The van der Waals surface area contributed by atoms with Crippen molar-refractivity contribution in [3.8, 4) is 22.8 Å². The van der Waals surface area contributed by atoms with Gasteiger partial charge in [-0.15, -0.1) is 0 Å². The Hall–Kier alpha value is -3.52. The van der Waals surface area contributed by atoms with Crippen molar-refractivity contribution < 1.29 is 14.4 Å². The quantitative estimate of drug-likeness (QED) is 0.368. The standard InChI is InChI=1S/C31H37N5O3/c1-20-16-25(17-21(2)26(20)12-15-35-13-10-24(11-14-35)31(37)38)29-32-30(39-34-29)27-18-28(23-6-4-3-5-7-23)36(33-27)19-22-8-9-22/h3-7,16,18,21-22,24H,8-15,17,19H2,1-2H3,(H,37,38). The molecule has 204 valence electrons. The van der Waals surface area contributed by atoms with Crippen LogP contribution in [-0.4, -0.2) is 55.5 Å². The molecule has 1 aromatic carbocycles. The van der Waals surface area contributed by atoms with Crippen molar-refractivity contribution in [3.05, 3.63) is 59.4 Å². The number of allylic oxidation sites excluding steroid dienone is 3. The molecule has 3 aliphatic rings. The van der Waals surface area contributed by atoms with Crippen molar-refractivity contribution in [2.24, 2.45) is 17.8 Å². The fraction of sp³-hybridized carbons (Fsp3) is 0.484. The molecule has 1 aliphatic heterocycles. The Kier molecular flexibility index (Phi) is 7.21. The maximum absolute atomic E-state index is 11.2. The number of hydrogen-bond donors (Lipinski definition) is 1. The Morgan fingerprint density at radius 2 is 1.90 bits per heavy atom. The zero-order chi connectivity index (χ0) is 26.9. The molecule has 2 fully saturated rings. The third-order valence-corrected chi connectivity index (χ3v) is 8.56. The average molecular weight is 528 g/mol. The van der Waals surface area contributed by atoms with Crippen LogP contribution in [0.25, 0.3) is 28.4 Å². The Labute approximate surface area is 229 Å². The molecule has 0 radical (unpaired) electrons. The van der Waals surface area contributed by atoms with Gasteiger partial charge in [0.05, 0.1) is 11.6 Å². The van der Waals surface area contributed by atoms with Crippen LogP contribution >= 0.6 is 0 Å². The molecule has 8 heteroatoms. The summed E-state index contributed by atoms with van der Waals surface area (Å²) >= 11 is 0. The van der Waals surface area contributed by atoms with E-state index in [9.17, 15) is 9.90 Å². The van der Waals surface area contributed by atoms with E-state index in [1.54, 1.807) is 0 Å². The largest absolute Gasteiger partial charge is 0.481 e. The van der Waals surface area contributed by atoms with E-state index in [0.717, 1.165) is 74.4 Å². The number of carboxylic acid groups (broad SMARTS) is 1. The van der Waals surface area contributed by atoms with Crippen molar-refractivity contribution >= 4 is 11.5 Å². The van der Waals surface area contributed by atoms with E-state index < -0.39 is 5.97 Å². The SMILES string of the molecule is CC1=C(CCN2CCC(C(=O)O)CC2)C(C)CC(c2noc(-c3cc(-c4ccccc4)n(CC4CC4)n3)n2)=C1. The fourth-order valence-corrected chi connectivity index (χ4v) is 6.04. The third-order valence-electron chi connectivity index (χ3n) is 8.56. The lowest BCUT2D eigenvalue weighted by Crippen LogP contribution is -2.37. The maximum Gasteiger partial charge on any atom is 0.306 e. The highest BCUT2D eigenvalue weighted by Gasteiger charge is 2.28. The fourth-order valence-electron chi connectivity index (χ4n) is 6.04. The lowest BCUT2D eigenvalue weighted by atomic mass is 9.82. The number of benzene rings is 1. The normalized spacial score (nSPS) is 20.9. The van der Waals surface area contributed by atoms with Crippen LogP contribution in [0.3, 0.4) is 0 Å². The van der Waals surface area contributed by atoms with E-state index in [4.69, 9.17) is 14.6 Å². The number of aliphatic carboxylic acids is 1. The first-order valence-electron chi connectivity index (χ1n) is 14.3. The van der Waals surface area contributed by atoms with Crippen molar-refractivity contribution in [1.82, 2.24) is 24.8 Å². The van der Waals surface area contributed by atoms with Crippen LogP contribution in [-0.2, 0) is 11.3 Å². The second-order valence-electron chi connectivity index (χ2n) is 11.5. The summed E-state index contributed by atoms with van der Waals surface area (Å²) in [5.41, 5.74) is 6.78. The predicted octanol–water partition coefficient (Wildman–Crippen LogP) is 5.94. The molecule has 1 N–H and O–H groups in total. The van der Waals surface area contributed by atoms with Gasteiger partial charge in [-0.2, -0.15) is 10.1 Å². The summed E-state index contributed by atoms with van der Waals surface area (Å²) in [6.45, 7) is 8.08. The molecule has 2 aliphatic carbocycles. The van der Waals surface area contributed by atoms with Gasteiger partial charge in [0.15, 0.2) is 11.5 Å². The smallest absolute Gasteiger partial charge is 0.306 e. The molecule has 0 bridgehead atoms. The van der Waals surface area contributed by atoms with Crippen LogP contribution in [0.2, 0.25) is 0 Å². The summed E-state index contributed by atoms with van der Waals surface area (Å²) in [6, 6.07) is 12.4. The first-order chi connectivity index (χ1) is 18.9. The Bertz CT molecular complexity index is 1390. The number of piperidine rings is 1. The third kappa shape index (κ3) is 5.76. The molecule has 0 spiro atoms. The first-order valence-corrected chi connectivity index (χ1v) is 14.3. The maximum atomic E-state index is 11.2. The number of nitrogens with zero attached hydrogens (tertiary/aromatic N) is 5. The lowest BCUT2D eigenvalue weighted by molar-refractivity contribution is -0.143. The molecule has 6 rings (SSSR count). The molecular weight excluding hydrogens is 490 g/mol. The zero-order valence-corrected chi connectivity index (χ0v) is 22.8. The van der Waals surface area contributed by atoms with Gasteiger partial charge >= 0.3 is 5.97 Å². The Morgan fingerprint density at radius 3 is 2.59 bits per heavy atom. The Balaban J connectivity index is 1.16. The molecule has 1 atom stereocenters. The van der Waals surface area contributed by atoms with Crippen molar-refractivity contribution in [2.75, 3.05) is 19.6 Å². The van der Waals surface area contributed by atoms with Gasteiger partial charge in [-0.3, -0.25) is 9.48 Å². The highest BCUT2D eigenvalue weighted by atomic mass is 16.5. The second-order valence-corrected chi connectivity index (χ2v) is 11.5. The molecule has 0 amide bonds. The van der Waals surface area contributed by atoms with Gasteiger partial charge in [-0.05, 0) is 82.0 Å². The summed E-state index contributed by atoms with van der Waals surface area (Å²) < 4.78 is 7.83. The zero-order valence-electron chi connectivity index (χ0n) is 22.8. The van der Waals surface area contributed by atoms with Crippen LogP contribution in [0.1, 0.15) is 58.2 Å². The second kappa shape index (κ2) is 10.9.